The van der Waals surface area contributed by atoms with Gasteiger partial charge < -0.3 is 9.47 Å². The number of benzene rings is 3. The predicted molar refractivity (Wildman–Crippen MR) is 107 cm³/mol. The number of nitrogens with zero attached hydrogens (tertiary/aromatic N) is 1. The van der Waals surface area contributed by atoms with Crippen molar-refractivity contribution < 1.29 is 9.47 Å². The van der Waals surface area contributed by atoms with Gasteiger partial charge in [0.15, 0.2) is 0 Å². The van der Waals surface area contributed by atoms with E-state index in [0.717, 1.165) is 22.6 Å². The summed E-state index contributed by atoms with van der Waals surface area (Å²) in [6.07, 6.45) is 4.03. The van der Waals surface area contributed by atoms with Crippen molar-refractivity contribution in [3.05, 3.63) is 102 Å². The zero-order valence-electron chi connectivity index (χ0n) is 14.7. The molecule has 3 aromatic carbocycles. The van der Waals surface area contributed by atoms with Crippen LogP contribution in [0.4, 0.5) is 5.69 Å². The van der Waals surface area contributed by atoms with Crippen molar-refractivity contribution in [3.8, 4) is 5.75 Å². The first-order valence-corrected chi connectivity index (χ1v) is 8.48. The van der Waals surface area contributed by atoms with E-state index in [9.17, 15) is 0 Å². The van der Waals surface area contributed by atoms with Crippen molar-refractivity contribution in [3.63, 3.8) is 0 Å². The molecule has 0 radical (unpaired) electrons. The normalized spacial score (nSPS) is 11.5. The first kappa shape index (κ1) is 17.5. The van der Waals surface area contributed by atoms with Gasteiger partial charge in [-0.15, -0.1) is 0 Å². The van der Waals surface area contributed by atoms with E-state index in [1.165, 1.54) is 0 Å². The van der Waals surface area contributed by atoms with Crippen molar-refractivity contribution in [2.75, 3.05) is 13.7 Å². The van der Waals surface area contributed by atoms with E-state index in [2.05, 4.69) is 17.1 Å². The first-order chi connectivity index (χ1) is 12.8. The van der Waals surface area contributed by atoms with Crippen LogP contribution in [0.2, 0.25) is 0 Å². The summed E-state index contributed by atoms with van der Waals surface area (Å²) < 4.78 is 11.1. The molecule has 0 amide bonds. The third-order valence-corrected chi connectivity index (χ3v) is 3.75. The summed E-state index contributed by atoms with van der Waals surface area (Å²) in [6, 6.07) is 27.6. The molecule has 0 aromatic heterocycles. The largest absolute Gasteiger partial charge is 0.497 e. The van der Waals surface area contributed by atoms with Gasteiger partial charge in [-0.2, -0.15) is 0 Å². The number of hydrogen-bond donors (Lipinski definition) is 0. The molecule has 26 heavy (non-hydrogen) atoms. The topological polar surface area (TPSA) is 30.8 Å². The maximum Gasteiger partial charge on any atom is 0.221 e. The summed E-state index contributed by atoms with van der Waals surface area (Å²) in [6.45, 7) is 0.443. The molecule has 0 atom stereocenters. The highest BCUT2D eigenvalue weighted by molar-refractivity contribution is 5.95. The van der Waals surface area contributed by atoms with Crippen LogP contribution >= 0.6 is 0 Å². The molecule has 3 rings (SSSR count). The van der Waals surface area contributed by atoms with E-state index < -0.39 is 0 Å². The number of hydrogen-bond acceptors (Lipinski definition) is 3. The molecular formula is C23H21NO2. The Hall–Kier alpha value is -3.33. The summed E-state index contributed by atoms with van der Waals surface area (Å²) >= 11 is 0. The molecule has 0 bridgehead atoms. The van der Waals surface area contributed by atoms with Crippen LogP contribution in [0.25, 0.3) is 6.08 Å². The van der Waals surface area contributed by atoms with Gasteiger partial charge in [0.05, 0.1) is 12.8 Å². The average Bonchev–Trinajstić information content (AvgIpc) is 2.72. The molecule has 3 aromatic rings. The van der Waals surface area contributed by atoms with E-state index in [1.807, 2.05) is 84.9 Å². The lowest BCUT2D eigenvalue weighted by molar-refractivity contribution is 0.352. The molecule has 0 saturated carbocycles. The molecule has 0 heterocycles. The third kappa shape index (κ3) is 5.08. The molecule has 0 unspecified atom stereocenters. The molecule has 0 fully saturated rings. The molecule has 0 saturated heterocycles. The number of ether oxygens (including phenoxy) is 2. The van der Waals surface area contributed by atoms with E-state index in [4.69, 9.17) is 9.47 Å². The number of aliphatic imine (C=N–C) groups is 1. The van der Waals surface area contributed by atoms with Gasteiger partial charge in [-0.3, -0.25) is 0 Å². The Morgan fingerprint density at radius 1 is 0.846 bits per heavy atom. The molecule has 130 valence electrons. The maximum atomic E-state index is 5.94. The highest BCUT2D eigenvalue weighted by Gasteiger charge is 2.04. The zero-order valence-corrected chi connectivity index (χ0v) is 14.7. The number of methoxy groups -OCH3 is 1. The zero-order chi connectivity index (χ0) is 18.0. The lowest BCUT2D eigenvalue weighted by Crippen LogP contribution is -2.06. The van der Waals surface area contributed by atoms with Crippen LogP contribution in [-0.4, -0.2) is 19.6 Å². The average molecular weight is 343 g/mol. The van der Waals surface area contributed by atoms with Crippen LogP contribution < -0.4 is 4.74 Å². The summed E-state index contributed by atoms with van der Waals surface area (Å²) in [4.78, 5) is 4.65. The Morgan fingerprint density at radius 3 is 2.15 bits per heavy atom. The van der Waals surface area contributed by atoms with Crippen molar-refractivity contribution in [1.82, 2.24) is 0 Å². The molecule has 0 aliphatic rings. The van der Waals surface area contributed by atoms with Gasteiger partial charge >= 0.3 is 0 Å². The molecule has 3 nitrogen and oxygen atoms in total. The minimum Gasteiger partial charge on any atom is -0.497 e. The lowest BCUT2D eigenvalue weighted by Gasteiger charge is -2.08. The lowest BCUT2D eigenvalue weighted by atomic mass is 10.2. The smallest absolute Gasteiger partial charge is 0.221 e. The van der Waals surface area contributed by atoms with E-state index in [0.29, 0.717) is 12.5 Å². The van der Waals surface area contributed by atoms with Crippen molar-refractivity contribution >= 4 is 17.7 Å². The standard InChI is InChI=1S/C23H21NO2/c1-25-22-16-14-21(15-17-22)24-23(20-12-6-3-7-13-20)26-18-8-11-19-9-4-2-5-10-19/h2-17H,18H2,1H3/b11-8-,24-23?. The van der Waals surface area contributed by atoms with Gasteiger partial charge in [0.2, 0.25) is 5.90 Å². The predicted octanol–water partition coefficient (Wildman–Crippen LogP) is 5.50. The van der Waals surface area contributed by atoms with E-state index in [-0.39, 0.29) is 0 Å². The Balaban J connectivity index is 1.75. The fraction of sp³-hybridized carbons (Fsp3) is 0.0870. The minimum absolute atomic E-state index is 0.443. The minimum atomic E-state index is 0.443. The van der Waals surface area contributed by atoms with Gasteiger partial charge in [0, 0.05) is 5.56 Å². The second kappa shape index (κ2) is 9.23. The summed E-state index contributed by atoms with van der Waals surface area (Å²) in [5, 5.41) is 0. The maximum absolute atomic E-state index is 5.94. The summed E-state index contributed by atoms with van der Waals surface area (Å²) in [7, 11) is 1.65. The Labute approximate surface area is 154 Å². The van der Waals surface area contributed by atoms with Gasteiger partial charge in [0.25, 0.3) is 0 Å². The SMILES string of the molecule is COc1ccc(N=C(OC/C=C\c2ccccc2)c2ccccc2)cc1. The Kier molecular flexibility index (Phi) is 6.21. The monoisotopic (exact) mass is 343 g/mol. The first-order valence-electron chi connectivity index (χ1n) is 8.48. The Morgan fingerprint density at radius 2 is 1.50 bits per heavy atom. The van der Waals surface area contributed by atoms with Crippen LogP contribution in [0, 0.1) is 0 Å². The van der Waals surface area contributed by atoms with Crippen LogP contribution in [-0.2, 0) is 4.74 Å². The number of rotatable bonds is 6. The van der Waals surface area contributed by atoms with E-state index in [1.54, 1.807) is 7.11 Å². The second-order valence-electron chi connectivity index (χ2n) is 5.61. The fourth-order valence-electron chi connectivity index (χ4n) is 2.41. The molecule has 0 aliphatic heterocycles. The third-order valence-electron chi connectivity index (χ3n) is 3.75. The van der Waals surface area contributed by atoms with Crippen LogP contribution in [0.3, 0.4) is 0 Å². The van der Waals surface area contributed by atoms with Crippen LogP contribution in [0.5, 0.6) is 5.75 Å². The van der Waals surface area contributed by atoms with Crippen molar-refractivity contribution in [2.24, 2.45) is 4.99 Å². The van der Waals surface area contributed by atoms with Crippen molar-refractivity contribution in [2.45, 2.75) is 0 Å². The fourth-order valence-corrected chi connectivity index (χ4v) is 2.41. The molecule has 0 spiro atoms. The second-order valence-corrected chi connectivity index (χ2v) is 5.61. The molecular weight excluding hydrogens is 322 g/mol. The Bertz CT molecular complexity index is 854. The quantitative estimate of drug-likeness (QED) is 0.437. The highest BCUT2D eigenvalue weighted by Crippen LogP contribution is 2.19. The van der Waals surface area contributed by atoms with Gasteiger partial charge in [0.1, 0.15) is 12.4 Å². The van der Waals surface area contributed by atoms with Gasteiger partial charge in [-0.1, -0.05) is 54.6 Å². The molecule has 0 aliphatic carbocycles. The summed E-state index contributed by atoms with van der Waals surface area (Å²) in [5.41, 5.74) is 2.90. The van der Waals surface area contributed by atoms with Crippen molar-refractivity contribution in [1.29, 1.82) is 0 Å². The van der Waals surface area contributed by atoms with Crippen LogP contribution in [0.1, 0.15) is 11.1 Å². The van der Waals surface area contributed by atoms with Gasteiger partial charge in [-0.25, -0.2) is 4.99 Å². The van der Waals surface area contributed by atoms with E-state index >= 15 is 0 Å². The highest BCUT2D eigenvalue weighted by atomic mass is 16.5. The van der Waals surface area contributed by atoms with Crippen LogP contribution in [0.15, 0.2) is 96.0 Å². The molecule has 0 N–H and O–H groups in total. The summed E-state index contributed by atoms with van der Waals surface area (Å²) in [5.74, 6) is 1.39. The van der Waals surface area contributed by atoms with Gasteiger partial charge in [-0.05, 0) is 48.0 Å². The molecule has 3 heteroatoms.